The van der Waals surface area contributed by atoms with Crippen LogP contribution in [0.1, 0.15) is 41.5 Å². The third-order valence-corrected chi connectivity index (χ3v) is 4.32. The molecule has 1 N–H and O–H groups in total. The molecule has 0 aromatic rings. The van der Waals surface area contributed by atoms with Gasteiger partial charge in [-0.2, -0.15) is 0 Å². The van der Waals surface area contributed by atoms with Crippen LogP contribution in [0.15, 0.2) is 11.6 Å². The first kappa shape index (κ1) is 11.8. The first-order valence-electron chi connectivity index (χ1n) is 5.64. The minimum Gasteiger partial charge on any atom is -0.313 e. The van der Waals surface area contributed by atoms with Crippen molar-refractivity contribution in [1.29, 1.82) is 0 Å². The minimum absolute atomic E-state index is 0.519. The maximum absolute atomic E-state index is 3.51. The van der Waals surface area contributed by atoms with Crippen LogP contribution >= 0.6 is 0 Å². The summed E-state index contributed by atoms with van der Waals surface area (Å²) in [7, 11) is 0. The molecule has 0 atom stereocenters. The van der Waals surface area contributed by atoms with E-state index in [1.165, 1.54) is 5.57 Å². The van der Waals surface area contributed by atoms with Gasteiger partial charge >= 0.3 is 0 Å². The van der Waals surface area contributed by atoms with Crippen LogP contribution in [0, 0.1) is 16.7 Å². The Morgan fingerprint density at radius 3 is 2.00 bits per heavy atom. The van der Waals surface area contributed by atoms with Crippen LogP contribution < -0.4 is 5.32 Å². The number of hydrogen-bond donors (Lipinski definition) is 1. The van der Waals surface area contributed by atoms with Gasteiger partial charge in [0.05, 0.1) is 0 Å². The maximum Gasteiger partial charge on any atom is 0.0137 e. The molecule has 1 heteroatoms. The van der Waals surface area contributed by atoms with Gasteiger partial charge in [0.15, 0.2) is 0 Å². The Bertz CT molecular complexity index is 218. The Morgan fingerprint density at radius 2 is 1.64 bits per heavy atom. The highest BCUT2D eigenvalue weighted by molar-refractivity contribution is 5.13. The fourth-order valence-corrected chi connectivity index (χ4v) is 2.35. The van der Waals surface area contributed by atoms with E-state index in [0.29, 0.717) is 10.8 Å². The van der Waals surface area contributed by atoms with Crippen LogP contribution in [-0.2, 0) is 0 Å². The van der Waals surface area contributed by atoms with Crippen molar-refractivity contribution in [2.24, 2.45) is 16.7 Å². The fourth-order valence-electron chi connectivity index (χ4n) is 2.35. The highest BCUT2D eigenvalue weighted by Gasteiger charge is 2.63. The van der Waals surface area contributed by atoms with E-state index in [9.17, 15) is 0 Å². The van der Waals surface area contributed by atoms with E-state index in [1.807, 2.05) is 0 Å². The molecule has 14 heavy (non-hydrogen) atoms. The van der Waals surface area contributed by atoms with Crippen molar-refractivity contribution >= 4 is 0 Å². The van der Waals surface area contributed by atoms with Gasteiger partial charge in [0.2, 0.25) is 0 Å². The number of hydrogen-bond acceptors (Lipinski definition) is 1. The molecule has 0 aromatic carbocycles. The quantitative estimate of drug-likeness (QED) is 0.536. The summed E-state index contributed by atoms with van der Waals surface area (Å²) in [5.41, 5.74) is 2.43. The summed E-state index contributed by atoms with van der Waals surface area (Å²) < 4.78 is 0. The summed E-state index contributed by atoms with van der Waals surface area (Å²) in [5.74, 6) is 0.834. The Hall–Kier alpha value is -0.300. The lowest BCUT2D eigenvalue weighted by atomic mass is 10.0. The van der Waals surface area contributed by atoms with Gasteiger partial charge in [0, 0.05) is 6.54 Å². The molecule has 1 saturated carbocycles. The molecule has 0 radical (unpaired) electrons. The smallest absolute Gasteiger partial charge is 0.0137 e. The molecule has 0 saturated heterocycles. The van der Waals surface area contributed by atoms with E-state index in [4.69, 9.17) is 0 Å². The van der Waals surface area contributed by atoms with Crippen LogP contribution in [0.5, 0.6) is 0 Å². The Balaban J connectivity index is 2.26. The Morgan fingerprint density at radius 1 is 1.14 bits per heavy atom. The molecular formula is C13H25N. The highest BCUT2D eigenvalue weighted by Crippen LogP contribution is 2.67. The van der Waals surface area contributed by atoms with Gasteiger partial charge in [-0.15, -0.1) is 0 Å². The topological polar surface area (TPSA) is 12.0 Å². The zero-order valence-corrected chi connectivity index (χ0v) is 10.6. The lowest BCUT2D eigenvalue weighted by Gasteiger charge is -2.04. The molecule has 0 unspecified atom stereocenters. The first-order valence-corrected chi connectivity index (χ1v) is 5.64. The highest BCUT2D eigenvalue weighted by atomic mass is 14.9. The largest absolute Gasteiger partial charge is 0.313 e. The van der Waals surface area contributed by atoms with Gasteiger partial charge in [-0.1, -0.05) is 39.3 Å². The van der Waals surface area contributed by atoms with Gasteiger partial charge < -0.3 is 5.32 Å². The van der Waals surface area contributed by atoms with Crippen molar-refractivity contribution in [3.8, 4) is 0 Å². The average Bonchev–Trinajstić information content (AvgIpc) is 2.38. The van der Waals surface area contributed by atoms with Gasteiger partial charge in [-0.3, -0.25) is 0 Å². The molecule has 0 bridgehead atoms. The van der Waals surface area contributed by atoms with Crippen molar-refractivity contribution < 1.29 is 0 Å². The molecule has 0 amide bonds. The predicted molar refractivity (Wildman–Crippen MR) is 63.4 cm³/mol. The standard InChI is InChI=1S/C13H25N/c1-10(2)7-8-14-9-11-12(3,4)13(11,5)6/h7,11,14H,8-9H2,1-6H3. The number of allylic oxidation sites excluding steroid dienone is 1. The van der Waals surface area contributed by atoms with Crippen LogP contribution in [0.25, 0.3) is 0 Å². The van der Waals surface area contributed by atoms with Gasteiger partial charge in [0.25, 0.3) is 0 Å². The molecule has 0 aliphatic heterocycles. The van der Waals surface area contributed by atoms with E-state index in [1.54, 1.807) is 0 Å². The maximum atomic E-state index is 3.51. The van der Waals surface area contributed by atoms with Crippen LogP contribution in [0.2, 0.25) is 0 Å². The third-order valence-electron chi connectivity index (χ3n) is 4.32. The van der Waals surface area contributed by atoms with Crippen molar-refractivity contribution in [2.75, 3.05) is 13.1 Å². The van der Waals surface area contributed by atoms with E-state index in [-0.39, 0.29) is 0 Å². The van der Waals surface area contributed by atoms with Gasteiger partial charge in [-0.05, 0) is 37.1 Å². The fraction of sp³-hybridized carbons (Fsp3) is 0.846. The molecule has 1 aliphatic carbocycles. The lowest BCUT2D eigenvalue weighted by Crippen LogP contribution is -2.19. The van der Waals surface area contributed by atoms with Crippen molar-refractivity contribution in [3.05, 3.63) is 11.6 Å². The lowest BCUT2D eigenvalue weighted by molar-refractivity contribution is 0.457. The molecule has 0 spiro atoms. The normalized spacial score (nSPS) is 23.3. The van der Waals surface area contributed by atoms with E-state index in [0.717, 1.165) is 19.0 Å². The van der Waals surface area contributed by atoms with Crippen LogP contribution in [0.3, 0.4) is 0 Å². The van der Waals surface area contributed by atoms with Crippen molar-refractivity contribution in [3.63, 3.8) is 0 Å². The zero-order chi connectivity index (χ0) is 11.0. The summed E-state index contributed by atoms with van der Waals surface area (Å²) in [5, 5.41) is 3.51. The molecule has 1 aliphatic rings. The molecule has 1 fully saturated rings. The molecular weight excluding hydrogens is 170 g/mol. The monoisotopic (exact) mass is 195 g/mol. The second-order valence-corrected chi connectivity index (χ2v) is 5.94. The second kappa shape index (κ2) is 3.69. The molecule has 1 rings (SSSR count). The molecule has 82 valence electrons. The van der Waals surface area contributed by atoms with E-state index in [2.05, 4.69) is 52.9 Å². The summed E-state index contributed by atoms with van der Waals surface area (Å²) in [4.78, 5) is 0. The van der Waals surface area contributed by atoms with Crippen LogP contribution in [0.4, 0.5) is 0 Å². The Kier molecular flexibility index (Phi) is 3.10. The minimum atomic E-state index is 0.519. The number of rotatable bonds is 4. The van der Waals surface area contributed by atoms with Crippen LogP contribution in [-0.4, -0.2) is 13.1 Å². The van der Waals surface area contributed by atoms with Crippen molar-refractivity contribution in [2.45, 2.75) is 41.5 Å². The molecule has 0 heterocycles. The SMILES string of the molecule is CC(C)=CCNCC1C(C)(C)C1(C)C. The van der Waals surface area contributed by atoms with Crippen molar-refractivity contribution in [1.82, 2.24) is 5.32 Å². The van der Waals surface area contributed by atoms with Gasteiger partial charge in [-0.25, -0.2) is 0 Å². The zero-order valence-electron chi connectivity index (χ0n) is 10.6. The summed E-state index contributed by atoms with van der Waals surface area (Å²) in [6.07, 6.45) is 2.25. The van der Waals surface area contributed by atoms with Gasteiger partial charge in [0.1, 0.15) is 0 Å². The predicted octanol–water partition coefficient (Wildman–Crippen LogP) is 3.22. The first-order chi connectivity index (χ1) is 6.30. The van der Waals surface area contributed by atoms with E-state index >= 15 is 0 Å². The number of nitrogens with one attached hydrogen (secondary N) is 1. The summed E-state index contributed by atoms with van der Waals surface area (Å²) in [6.45, 7) is 16.0. The summed E-state index contributed by atoms with van der Waals surface area (Å²) >= 11 is 0. The Labute approximate surface area is 89.0 Å². The summed E-state index contributed by atoms with van der Waals surface area (Å²) in [6, 6.07) is 0. The third kappa shape index (κ3) is 2.03. The molecule has 1 nitrogen and oxygen atoms in total. The molecule has 0 aromatic heterocycles. The van der Waals surface area contributed by atoms with E-state index < -0.39 is 0 Å². The average molecular weight is 195 g/mol. The second-order valence-electron chi connectivity index (χ2n) is 5.94.